The molecular weight excluding hydrogens is 150 g/mol. The molecule has 0 aliphatic rings. The van der Waals surface area contributed by atoms with Crippen LogP contribution in [-0.2, 0) is 0 Å². The number of aliphatic hydroxyl groups excluding tert-OH is 1. The molecule has 0 fully saturated rings. The molecule has 68 valence electrons. The summed E-state index contributed by atoms with van der Waals surface area (Å²) in [5.74, 6) is 0. The van der Waals surface area contributed by atoms with Crippen molar-refractivity contribution < 1.29 is 13.9 Å². The lowest BCUT2D eigenvalue weighted by Crippen LogP contribution is -2.16. The fourth-order valence-corrected chi connectivity index (χ4v) is 0.906. The number of halogens is 2. The predicted octanol–water partition coefficient (Wildman–Crippen LogP) is 2.58. The molecule has 0 saturated heterocycles. The van der Waals surface area contributed by atoms with E-state index in [-0.39, 0.29) is 6.42 Å². The van der Waals surface area contributed by atoms with E-state index < -0.39 is 12.5 Å². The fourth-order valence-electron chi connectivity index (χ4n) is 0.906. The zero-order chi connectivity index (χ0) is 8.69. The summed E-state index contributed by atoms with van der Waals surface area (Å²) in [4.78, 5) is 0. The molecule has 11 heavy (non-hydrogen) atoms. The Labute approximate surface area is 66.4 Å². The van der Waals surface area contributed by atoms with E-state index >= 15 is 0 Å². The van der Waals surface area contributed by atoms with Gasteiger partial charge in [-0.25, -0.2) is 8.78 Å². The second-order valence-corrected chi connectivity index (χ2v) is 2.75. The Morgan fingerprint density at radius 3 is 2.27 bits per heavy atom. The van der Waals surface area contributed by atoms with Crippen molar-refractivity contribution in [2.45, 2.75) is 51.6 Å². The molecule has 1 unspecified atom stereocenters. The topological polar surface area (TPSA) is 20.2 Å². The largest absolute Gasteiger partial charge is 0.387 e. The quantitative estimate of drug-likeness (QED) is 0.601. The Balaban J connectivity index is 3.10. The first-order chi connectivity index (χ1) is 5.18. The third kappa shape index (κ3) is 6.23. The van der Waals surface area contributed by atoms with Crippen LogP contribution in [0.3, 0.4) is 0 Å². The number of alkyl halides is 2. The van der Waals surface area contributed by atoms with Crippen LogP contribution in [-0.4, -0.2) is 17.6 Å². The van der Waals surface area contributed by atoms with E-state index in [1.165, 1.54) is 0 Å². The van der Waals surface area contributed by atoms with E-state index in [4.69, 9.17) is 5.11 Å². The van der Waals surface area contributed by atoms with Gasteiger partial charge in [0, 0.05) is 0 Å². The van der Waals surface area contributed by atoms with Crippen molar-refractivity contribution in [2.24, 2.45) is 0 Å². The van der Waals surface area contributed by atoms with E-state index in [0.29, 0.717) is 6.42 Å². The van der Waals surface area contributed by atoms with Gasteiger partial charge in [0.15, 0.2) is 0 Å². The highest BCUT2D eigenvalue weighted by molar-refractivity contribution is 4.57. The maximum atomic E-state index is 11.7. The summed E-state index contributed by atoms with van der Waals surface area (Å²) >= 11 is 0. The molecule has 1 N–H and O–H groups in total. The lowest BCUT2D eigenvalue weighted by atomic mass is 10.1. The molecule has 0 saturated carbocycles. The minimum Gasteiger partial charge on any atom is -0.387 e. The van der Waals surface area contributed by atoms with Crippen molar-refractivity contribution >= 4 is 0 Å². The number of hydrogen-bond donors (Lipinski definition) is 1. The molecule has 0 aromatic heterocycles. The van der Waals surface area contributed by atoms with Crippen LogP contribution in [0.25, 0.3) is 0 Å². The number of unbranched alkanes of at least 4 members (excludes halogenated alkanes) is 3. The van der Waals surface area contributed by atoms with Crippen LogP contribution < -0.4 is 0 Å². The maximum Gasteiger partial charge on any atom is 0.264 e. The molecule has 0 amide bonds. The summed E-state index contributed by atoms with van der Waals surface area (Å²) < 4.78 is 23.4. The number of rotatable bonds is 6. The Morgan fingerprint density at radius 1 is 1.18 bits per heavy atom. The second kappa shape index (κ2) is 6.53. The smallest absolute Gasteiger partial charge is 0.264 e. The number of aliphatic hydroxyl groups is 1. The van der Waals surface area contributed by atoms with Crippen LogP contribution in [0.2, 0.25) is 0 Å². The van der Waals surface area contributed by atoms with E-state index in [9.17, 15) is 8.78 Å². The molecule has 1 atom stereocenters. The zero-order valence-electron chi connectivity index (χ0n) is 6.89. The predicted molar refractivity (Wildman–Crippen MR) is 40.8 cm³/mol. The van der Waals surface area contributed by atoms with Crippen molar-refractivity contribution in [1.29, 1.82) is 0 Å². The molecule has 0 heterocycles. The van der Waals surface area contributed by atoms with E-state index in [2.05, 4.69) is 6.92 Å². The Bertz CT molecular complexity index is 86.2. The van der Waals surface area contributed by atoms with Gasteiger partial charge in [-0.1, -0.05) is 32.6 Å². The van der Waals surface area contributed by atoms with Crippen LogP contribution in [0.4, 0.5) is 8.78 Å². The molecule has 0 spiro atoms. The molecule has 0 aromatic rings. The van der Waals surface area contributed by atoms with Gasteiger partial charge in [0.1, 0.15) is 6.10 Å². The molecule has 3 heteroatoms. The fraction of sp³-hybridized carbons (Fsp3) is 1.00. The first-order valence-electron chi connectivity index (χ1n) is 4.14. The van der Waals surface area contributed by atoms with Gasteiger partial charge in [-0.15, -0.1) is 0 Å². The lowest BCUT2D eigenvalue weighted by Gasteiger charge is -2.07. The van der Waals surface area contributed by atoms with Gasteiger partial charge in [0.2, 0.25) is 0 Å². The molecular formula is C8H16F2O. The van der Waals surface area contributed by atoms with Crippen molar-refractivity contribution in [1.82, 2.24) is 0 Å². The molecule has 0 aliphatic carbocycles. The minimum atomic E-state index is -2.57. The standard InChI is InChI=1S/C8H16F2O/c1-2-3-4-5-6-7(11)8(9)10/h7-8,11H,2-6H2,1H3. The van der Waals surface area contributed by atoms with Gasteiger partial charge in [-0.05, 0) is 6.42 Å². The van der Waals surface area contributed by atoms with Crippen LogP contribution in [0.1, 0.15) is 39.0 Å². The van der Waals surface area contributed by atoms with Crippen LogP contribution in [0.15, 0.2) is 0 Å². The van der Waals surface area contributed by atoms with Crippen molar-refractivity contribution in [3.63, 3.8) is 0 Å². The lowest BCUT2D eigenvalue weighted by molar-refractivity contribution is -0.0100. The Hall–Kier alpha value is -0.180. The van der Waals surface area contributed by atoms with Crippen LogP contribution in [0, 0.1) is 0 Å². The molecule has 0 bridgehead atoms. The van der Waals surface area contributed by atoms with Gasteiger partial charge >= 0.3 is 0 Å². The first kappa shape index (κ1) is 10.8. The maximum absolute atomic E-state index is 11.7. The zero-order valence-corrected chi connectivity index (χ0v) is 6.89. The van der Waals surface area contributed by atoms with Crippen LogP contribution in [0.5, 0.6) is 0 Å². The summed E-state index contributed by atoms with van der Waals surface area (Å²) in [5.41, 5.74) is 0. The highest BCUT2D eigenvalue weighted by Crippen LogP contribution is 2.10. The van der Waals surface area contributed by atoms with E-state index in [1.807, 2.05) is 0 Å². The summed E-state index contributed by atoms with van der Waals surface area (Å²) in [6.07, 6.45) is 0.0568. The summed E-state index contributed by atoms with van der Waals surface area (Å²) in [7, 11) is 0. The Morgan fingerprint density at radius 2 is 1.82 bits per heavy atom. The third-order valence-electron chi connectivity index (χ3n) is 1.64. The molecule has 0 aromatic carbocycles. The van der Waals surface area contributed by atoms with E-state index in [0.717, 1.165) is 19.3 Å². The second-order valence-electron chi connectivity index (χ2n) is 2.75. The highest BCUT2D eigenvalue weighted by atomic mass is 19.3. The molecule has 0 radical (unpaired) electrons. The minimum absolute atomic E-state index is 0.234. The van der Waals surface area contributed by atoms with Crippen molar-refractivity contribution in [3.05, 3.63) is 0 Å². The van der Waals surface area contributed by atoms with Gasteiger partial charge < -0.3 is 5.11 Å². The van der Waals surface area contributed by atoms with E-state index in [1.54, 1.807) is 0 Å². The van der Waals surface area contributed by atoms with Gasteiger partial charge in [-0.3, -0.25) is 0 Å². The summed E-state index contributed by atoms with van der Waals surface area (Å²) in [6, 6.07) is 0. The highest BCUT2D eigenvalue weighted by Gasteiger charge is 2.15. The van der Waals surface area contributed by atoms with Gasteiger partial charge in [0.05, 0.1) is 0 Å². The summed E-state index contributed by atoms with van der Waals surface area (Å²) in [5, 5.41) is 8.68. The molecule has 0 rings (SSSR count). The van der Waals surface area contributed by atoms with Crippen molar-refractivity contribution in [2.75, 3.05) is 0 Å². The normalized spacial score (nSPS) is 13.9. The SMILES string of the molecule is CCCCCCC(O)C(F)F. The van der Waals surface area contributed by atoms with Gasteiger partial charge in [-0.2, -0.15) is 0 Å². The summed E-state index contributed by atoms with van der Waals surface area (Å²) in [6.45, 7) is 2.06. The van der Waals surface area contributed by atoms with Gasteiger partial charge in [0.25, 0.3) is 6.43 Å². The molecule has 0 aliphatic heterocycles. The Kier molecular flexibility index (Phi) is 6.42. The number of hydrogen-bond acceptors (Lipinski definition) is 1. The monoisotopic (exact) mass is 166 g/mol. The average Bonchev–Trinajstić information content (AvgIpc) is 1.97. The molecule has 1 nitrogen and oxygen atoms in total. The van der Waals surface area contributed by atoms with Crippen molar-refractivity contribution in [3.8, 4) is 0 Å². The third-order valence-corrected chi connectivity index (χ3v) is 1.64. The average molecular weight is 166 g/mol. The first-order valence-corrected chi connectivity index (χ1v) is 4.14. The van der Waals surface area contributed by atoms with Crippen LogP contribution >= 0.6 is 0 Å².